The van der Waals surface area contributed by atoms with Crippen molar-refractivity contribution in [2.24, 2.45) is 5.10 Å². The molecule has 1 aliphatic rings. The molecule has 1 aliphatic heterocycles. The second-order valence-electron chi connectivity index (χ2n) is 5.54. The summed E-state index contributed by atoms with van der Waals surface area (Å²) in [4.78, 5) is 37.1. The molecule has 0 unspecified atom stereocenters. The number of hydrazone groups is 1. The molecule has 0 saturated carbocycles. The van der Waals surface area contributed by atoms with Crippen molar-refractivity contribution in [2.75, 3.05) is 31.6 Å². The molecular formula is C16H18Cl2N4O4. The van der Waals surface area contributed by atoms with Gasteiger partial charge in [0.15, 0.2) is 0 Å². The Balaban J connectivity index is 1.83. The Morgan fingerprint density at radius 1 is 1.23 bits per heavy atom. The molecule has 0 atom stereocenters. The number of nitrogens with one attached hydrogen (secondary N) is 2. The van der Waals surface area contributed by atoms with Crippen LogP contribution in [0.25, 0.3) is 0 Å². The predicted octanol–water partition coefficient (Wildman–Crippen LogP) is 1.67. The van der Waals surface area contributed by atoms with Crippen molar-refractivity contribution in [2.45, 2.75) is 13.3 Å². The number of amides is 3. The maximum absolute atomic E-state index is 12.0. The van der Waals surface area contributed by atoms with Crippen molar-refractivity contribution in [1.82, 2.24) is 10.3 Å². The Morgan fingerprint density at radius 3 is 2.58 bits per heavy atom. The number of carbonyl (C=O) groups is 3. The fraction of sp³-hybridized carbons (Fsp3) is 0.375. The molecule has 0 aliphatic carbocycles. The van der Waals surface area contributed by atoms with Gasteiger partial charge in [-0.05, 0) is 25.1 Å². The van der Waals surface area contributed by atoms with Crippen molar-refractivity contribution in [3.63, 3.8) is 0 Å². The number of benzene rings is 1. The molecule has 2 N–H and O–H groups in total. The zero-order chi connectivity index (χ0) is 19.1. The molecule has 1 aromatic rings. The Kier molecular flexibility index (Phi) is 7.38. The first kappa shape index (κ1) is 20.2. The van der Waals surface area contributed by atoms with Gasteiger partial charge in [0.05, 0.1) is 30.3 Å². The van der Waals surface area contributed by atoms with Crippen molar-refractivity contribution >= 4 is 52.3 Å². The third kappa shape index (κ3) is 5.98. The first-order valence-corrected chi connectivity index (χ1v) is 8.57. The molecule has 0 radical (unpaired) electrons. The largest absolute Gasteiger partial charge is 0.378 e. The van der Waals surface area contributed by atoms with Crippen LogP contribution in [0, 0.1) is 0 Å². The van der Waals surface area contributed by atoms with E-state index in [0.717, 1.165) is 0 Å². The standard InChI is InChI=1S/C16H18Cl2N4O4/c1-10(8-14(23)19-13-3-2-11(17)9-12(13)18)20-21-15(24)16(25)22-4-6-26-7-5-22/h2-3,9H,4-8H2,1H3,(H,19,23)(H,21,24)/b20-10-. The van der Waals surface area contributed by atoms with Gasteiger partial charge in [0.2, 0.25) is 5.91 Å². The van der Waals surface area contributed by atoms with E-state index in [1.807, 2.05) is 0 Å². The summed E-state index contributed by atoms with van der Waals surface area (Å²) in [6.45, 7) is 3.07. The van der Waals surface area contributed by atoms with E-state index >= 15 is 0 Å². The lowest BCUT2D eigenvalue weighted by Crippen LogP contribution is -2.47. The maximum Gasteiger partial charge on any atom is 0.329 e. The number of morpholine rings is 1. The van der Waals surface area contributed by atoms with Gasteiger partial charge in [-0.25, -0.2) is 5.43 Å². The van der Waals surface area contributed by atoms with Gasteiger partial charge in [0, 0.05) is 23.8 Å². The first-order chi connectivity index (χ1) is 12.4. The number of carbonyl (C=O) groups excluding carboxylic acids is 3. The highest BCUT2D eigenvalue weighted by atomic mass is 35.5. The van der Waals surface area contributed by atoms with E-state index in [0.29, 0.717) is 47.7 Å². The van der Waals surface area contributed by atoms with Crippen molar-refractivity contribution < 1.29 is 19.1 Å². The summed E-state index contributed by atoms with van der Waals surface area (Å²) in [5.74, 6) is -1.90. The van der Waals surface area contributed by atoms with E-state index in [2.05, 4.69) is 15.8 Å². The van der Waals surface area contributed by atoms with E-state index in [-0.39, 0.29) is 12.3 Å². The van der Waals surface area contributed by atoms with Crippen molar-refractivity contribution in [3.05, 3.63) is 28.2 Å². The molecule has 1 saturated heterocycles. The minimum atomic E-state index is -0.854. The number of anilines is 1. The van der Waals surface area contributed by atoms with Crippen molar-refractivity contribution in [3.8, 4) is 0 Å². The lowest BCUT2D eigenvalue weighted by molar-refractivity contribution is -0.148. The smallest absolute Gasteiger partial charge is 0.329 e. The number of hydrogen-bond donors (Lipinski definition) is 2. The predicted molar refractivity (Wildman–Crippen MR) is 98.4 cm³/mol. The molecule has 140 valence electrons. The molecule has 26 heavy (non-hydrogen) atoms. The highest BCUT2D eigenvalue weighted by Crippen LogP contribution is 2.25. The quantitative estimate of drug-likeness (QED) is 0.456. The first-order valence-electron chi connectivity index (χ1n) is 7.82. The highest BCUT2D eigenvalue weighted by molar-refractivity contribution is 6.37. The van der Waals surface area contributed by atoms with Gasteiger partial charge in [-0.3, -0.25) is 14.4 Å². The van der Waals surface area contributed by atoms with Gasteiger partial charge in [0.25, 0.3) is 0 Å². The summed E-state index contributed by atoms with van der Waals surface area (Å²) in [6.07, 6.45) is -0.0784. The van der Waals surface area contributed by atoms with E-state index in [4.69, 9.17) is 27.9 Å². The fourth-order valence-electron chi connectivity index (χ4n) is 2.16. The zero-order valence-corrected chi connectivity index (χ0v) is 15.6. The Morgan fingerprint density at radius 2 is 1.92 bits per heavy atom. The average molecular weight is 401 g/mol. The summed E-state index contributed by atoms with van der Waals surface area (Å²) in [5.41, 5.74) is 2.91. The zero-order valence-electron chi connectivity index (χ0n) is 14.1. The lowest BCUT2D eigenvalue weighted by atomic mass is 10.2. The molecule has 10 heteroatoms. The summed E-state index contributed by atoms with van der Waals surface area (Å²) < 4.78 is 5.12. The van der Waals surface area contributed by atoms with E-state index < -0.39 is 11.8 Å². The molecule has 0 bridgehead atoms. The monoisotopic (exact) mass is 400 g/mol. The van der Waals surface area contributed by atoms with Crippen LogP contribution in [0.4, 0.5) is 5.69 Å². The molecular weight excluding hydrogens is 383 g/mol. The summed E-state index contributed by atoms with van der Waals surface area (Å²) >= 11 is 11.8. The average Bonchev–Trinajstić information content (AvgIpc) is 2.62. The second-order valence-corrected chi connectivity index (χ2v) is 6.39. The van der Waals surface area contributed by atoms with Crippen LogP contribution in [-0.2, 0) is 19.1 Å². The molecule has 2 rings (SSSR count). The van der Waals surface area contributed by atoms with Crippen LogP contribution in [0.1, 0.15) is 13.3 Å². The molecule has 1 aromatic carbocycles. The van der Waals surface area contributed by atoms with Crippen LogP contribution in [0.5, 0.6) is 0 Å². The van der Waals surface area contributed by atoms with Crippen LogP contribution in [0.2, 0.25) is 10.0 Å². The molecule has 0 spiro atoms. The highest BCUT2D eigenvalue weighted by Gasteiger charge is 2.23. The second kappa shape index (κ2) is 9.51. The minimum Gasteiger partial charge on any atom is -0.378 e. The van der Waals surface area contributed by atoms with E-state index in [1.54, 1.807) is 19.1 Å². The van der Waals surface area contributed by atoms with E-state index in [1.165, 1.54) is 11.0 Å². The third-order valence-electron chi connectivity index (χ3n) is 3.46. The number of rotatable bonds is 4. The fourth-order valence-corrected chi connectivity index (χ4v) is 2.62. The Hall–Kier alpha value is -2.16. The number of hydrogen-bond acceptors (Lipinski definition) is 5. The summed E-state index contributed by atoms with van der Waals surface area (Å²) in [6, 6.07) is 4.69. The summed E-state index contributed by atoms with van der Waals surface area (Å²) in [5, 5.41) is 7.17. The van der Waals surface area contributed by atoms with Gasteiger partial charge in [-0.15, -0.1) is 0 Å². The normalized spacial score (nSPS) is 14.7. The molecule has 3 amide bonds. The van der Waals surface area contributed by atoms with Crippen LogP contribution >= 0.6 is 23.2 Å². The topological polar surface area (TPSA) is 100 Å². The summed E-state index contributed by atoms with van der Waals surface area (Å²) in [7, 11) is 0. The van der Waals surface area contributed by atoms with E-state index in [9.17, 15) is 14.4 Å². The van der Waals surface area contributed by atoms with Crippen LogP contribution < -0.4 is 10.7 Å². The van der Waals surface area contributed by atoms with Gasteiger partial charge >= 0.3 is 11.8 Å². The molecule has 0 aromatic heterocycles. The number of ether oxygens (including phenoxy) is 1. The Bertz CT molecular complexity index is 733. The SMILES string of the molecule is C/C(CC(=O)Nc1ccc(Cl)cc1Cl)=N/NC(=O)C(=O)N1CCOCC1. The third-order valence-corrected chi connectivity index (χ3v) is 4.01. The molecule has 1 heterocycles. The minimum absolute atomic E-state index is 0.0784. The lowest BCUT2D eigenvalue weighted by Gasteiger charge is -2.25. The van der Waals surface area contributed by atoms with Crippen LogP contribution in [-0.4, -0.2) is 54.6 Å². The van der Waals surface area contributed by atoms with Gasteiger partial charge in [-0.1, -0.05) is 23.2 Å². The van der Waals surface area contributed by atoms with Crippen LogP contribution in [0.15, 0.2) is 23.3 Å². The molecule has 8 nitrogen and oxygen atoms in total. The van der Waals surface area contributed by atoms with Crippen LogP contribution in [0.3, 0.4) is 0 Å². The van der Waals surface area contributed by atoms with Gasteiger partial charge in [-0.2, -0.15) is 5.10 Å². The van der Waals surface area contributed by atoms with Gasteiger partial charge in [0.1, 0.15) is 0 Å². The molecule has 1 fully saturated rings. The number of nitrogens with zero attached hydrogens (tertiary/aromatic N) is 2. The van der Waals surface area contributed by atoms with Gasteiger partial charge < -0.3 is 15.0 Å². The number of halogens is 2. The van der Waals surface area contributed by atoms with Crippen molar-refractivity contribution in [1.29, 1.82) is 0 Å². The maximum atomic E-state index is 12.0. The Labute approximate surface area is 160 Å².